The molecule has 1 aromatic heterocycles. The number of anilines is 1. The molecule has 1 rings (SSSR count). The zero-order chi connectivity index (χ0) is 14.6. The number of aliphatic hydroxyl groups is 1. The summed E-state index contributed by atoms with van der Waals surface area (Å²) in [6.45, 7) is 10.1. The highest BCUT2D eigenvalue weighted by molar-refractivity contribution is 5.31. The van der Waals surface area contributed by atoms with Crippen LogP contribution in [0.3, 0.4) is 0 Å². The summed E-state index contributed by atoms with van der Waals surface area (Å²) in [5, 5.41) is 13.2. The Hall–Kier alpha value is -1.36. The number of aromatic nitrogens is 2. The van der Waals surface area contributed by atoms with Gasteiger partial charge in [0.15, 0.2) is 5.82 Å². The van der Waals surface area contributed by atoms with Crippen LogP contribution in [0.2, 0.25) is 0 Å². The first-order valence-electron chi connectivity index (χ1n) is 6.76. The van der Waals surface area contributed by atoms with E-state index in [1.54, 1.807) is 23.9 Å². The average molecular weight is 267 g/mol. The van der Waals surface area contributed by atoms with E-state index < -0.39 is 5.60 Å². The van der Waals surface area contributed by atoms with E-state index in [0.29, 0.717) is 24.7 Å². The minimum atomic E-state index is -0.846. The fraction of sp³-hybridized carbons (Fsp3) is 0.714. The van der Waals surface area contributed by atoms with Crippen molar-refractivity contribution in [2.75, 3.05) is 11.9 Å². The molecule has 0 aliphatic rings. The van der Waals surface area contributed by atoms with E-state index in [1.165, 1.54) is 0 Å². The molecular weight excluding hydrogens is 242 g/mol. The predicted octanol–water partition coefficient (Wildman–Crippen LogP) is 2.03. The van der Waals surface area contributed by atoms with E-state index in [0.717, 1.165) is 0 Å². The van der Waals surface area contributed by atoms with Gasteiger partial charge in [-0.1, -0.05) is 13.8 Å². The summed E-state index contributed by atoms with van der Waals surface area (Å²) >= 11 is 0. The Labute approximate surface area is 114 Å². The van der Waals surface area contributed by atoms with Crippen molar-refractivity contribution in [3.05, 3.63) is 22.7 Å². The highest BCUT2D eigenvalue weighted by Crippen LogP contribution is 2.16. The van der Waals surface area contributed by atoms with Crippen molar-refractivity contribution in [2.24, 2.45) is 5.92 Å². The molecule has 0 aromatic carbocycles. The van der Waals surface area contributed by atoms with Crippen LogP contribution in [-0.2, 0) is 0 Å². The largest absolute Gasteiger partial charge is 0.388 e. The van der Waals surface area contributed by atoms with Gasteiger partial charge in [0.25, 0.3) is 5.56 Å². The molecule has 2 N–H and O–H groups in total. The Morgan fingerprint density at radius 3 is 2.58 bits per heavy atom. The van der Waals surface area contributed by atoms with Gasteiger partial charge in [-0.2, -0.15) is 0 Å². The summed E-state index contributed by atoms with van der Waals surface area (Å²) in [7, 11) is 0. The lowest BCUT2D eigenvalue weighted by Crippen LogP contribution is -2.37. The van der Waals surface area contributed by atoms with Crippen LogP contribution in [-0.4, -0.2) is 26.8 Å². The Balaban J connectivity index is 2.79. The van der Waals surface area contributed by atoms with Crippen LogP contribution in [0.5, 0.6) is 0 Å². The van der Waals surface area contributed by atoms with Gasteiger partial charge in [0.05, 0.1) is 5.60 Å². The Kier molecular flexibility index (Phi) is 5.11. The third kappa shape index (κ3) is 4.67. The number of nitrogens with one attached hydrogen (secondary N) is 1. The Bertz CT molecular complexity index is 464. The Morgan fingerprint density at radius 1 is 1.42 bits per heavy atom. The molecule has 0 fully saturated rings. The van der Waals surface area contributed by atoms with Crippen LogP contribution < -0.4 is 10.9 Å². The number of hydrogen-bond donors (Lipinski definition) is 2. The zero-order valence-corrected chi connectivity index (χ0v) is 12.5. The molecule has 1 aromatic rings. The maximum absolute atomic E-state index is 12.1. The molecule has 0 aliphatic carbocycles. The summed E-state index contributed by atoms with van der Waals surface area (Å²) < 4.78 is 1.62. The van der Waals surface area contributed by atoms with E-state index in [4.69, 9.17) is 0 Å². The van der Waals surface area contributed by atoms with E-state index in [9.17, 15) is 9.90 Å². The molecule has 0 amide bonds. The summed E-state index contributed by atoms with van der Waals surface area (Å²) in [5.74, 6) is 0.688. The normalized spacial score (nSPS) is 14.7. The quantitative estimate of drug-likeness (QED) is 0.827. The molecule has 0 saturated heterocycles. The molecule has 19 heavy (non-hydrogen) atoms. The smallest absolute Gasteiger partial charge is 0.293 e. The van der Waals surface area contributed by atoms with Crippen molar-refractivity contribution in [1.29, 1.82) is 0 Å². The van der Waals surface area contributed by atoms with E-state index in [1.807, 2.05) is 13.8 Å². The lowest BCUT2D eigenvalue weighted by atomic mass is 9.94. The van der Waals surface area contributed by atoms with Gasteiger partial charge in [0.2, 0.25) is 0 Å². The van der Waals surface area contributed by atoms with Crippen LogP contribution in [0, 0.1) is 5.92 Å². The maximum atomic E-state index is 12.1. The molecule has 0 saturated carbocycles. The van der Waals surface area contributed by atoms with E-state index in [2.05, 4.69) is 24.1 Å². The first-order chi connectivity index (χ1) is 8.73. The third-order valence-electron chi connectivity index (χ3n) is 2.91. The van der Waals surface area contributed by atoms with Gasteiger partial charge in [0.1, 0.15) is 0 Å². The van der Waals surface area contributed by atoms with Crippen molar-refractivity contribution in [1.82, 2.24) is 9.55 Å². The standard InChI is InChI=1S/C14H25N3O2/c1-10(2)8-14(5,19)9-16-12-13(18)17(11(3)4)7-6-15-12/h6-7,10-11,19H,8-9H2,1-5H3,(H,15,16). The first-order valence-corrected chi connectivity index (χ1v) is 6.76. The van der Waals surface area contributed by atoms with Crippen LogP contribution in [0.1, 0.15) is 47.1 Å². The third-order valence-corrected chi connectivity index (χ3v) is 2.91. The molecule has 0 spiro atoms. The van der Waals surface area contributed by atoms with Crippen molar-refractivity contribution in [3.63, 3.8) is 0 Å². The van der Waals surface area contributed by atoms with Gasteiger partial charge < -0.3 is 15.0 Å². The monoisotopic (exact) mass is 267 g/mol. The number of hydrogen-bond acceptors (Lipinski definition) is 4. The maximum Gasteiger partial charge on any atom is 0.293 e. The molecule has 5 heteroatoms. The highest BCUT2D eigenvalue weighted by Gasteiger charge is 2.22. The molecular formula is C14H25N3O2. The Morgan fingerprint density at radius 2 is 2.05 bits per heavy atom. The van der Waals surface area contributed by atoms with Crippen molar-refractivity contribution >= 4 is 5.82 Å². The lowest BCUT2D eigenvalue weighted by Gasteiger charge is -2.25. The topological polar surface area (TPSA) is 67.2 Å². The second-order valence-electron chi connectivity index (χ2n) is 6.03. The van der Waals surface area contributed by atoms with Crippen LogP contribution >= 0.6 is 0 Å². The molecule has 0 radical (unpaired) electrons. The second-order valence-corrected chi connectivity index (χ2v) is 6.03. The van der Waals surface area contributed by atoms with Crippen molar-refractivity contribution in [3.8, 4) is 0 Å². The van der Waals surface area contributed by atoms with Gasteiger partial charge in [-0.3, -0.25) is 4.79 Å². The van der Waals surface area contributed by atoms with Gasteiger partial charge in [0, 0.05) is 25.0 Å². The molecule has 5 nitrogen and oxygen atoms in total. The lowest BCUT2D eigenvalue weighted by molar-refractivity contribution is 0.0514. The van der Waals surface area contributed by atoms with E-state index in [-0.39, 0.29) is 11.6 Å². The SMILES string of the molecule is CC(C)CC(C)(O)CNc1nccn(C(C)C)c1=O. The van der Waals surface area contributed by atoms with Gasteiger partial charge >= 0.3 is 0 Å². The van der Waals surface area contributed by atoms with Gasteiger partial charge in [-0.05, 0) is 33.1 Å². The molecule has 0 aliphatic heterocycles. The molecule has 1 atom stereocenters. The zero-order valence-electron chi connectivity index (χ0n) is 12.5. The molecule has 1 unspecified atom stereocenters. The molecule has 108 valence electrons. The fourth-order valence-electron chi connectivity index (χ4n) is 2.18. The van der Waals surface area contributed by atoms with Crippen LogP contribution in [0.15, 0.2) is 17.2 Å². The van der Waals surface area contributed by atoms with Gasteiger partial charge in [-0.15, -0.1) is 0 Å². The summed E-state index contributed by atoms with van der Waals surface area (Å²) in [6, 6.07) is 0.0900. The minimum Gasteiger partial charge on any atom is -0.388 e. The minimum absolute atomic E-state index is 0.0900. The average Bonchev–Trinajstić information content (AvgIpc) is 2.25. The number of rotatable bonds is 6. The summed E-state index contributed by atoms with van der Waals surface area (Å²) in [5.41, 5.74) is -1.00. The van der Waals surface area contributed by atoms with Crippen molar-refractivity contribution in [2.45, 2.75) is 52.7 Å². The number of nitrogens with zero attached hydrogens (tertiary/aromatic N) is 2. The molecule has 0 bridgehead atoms. The first kappa shape index (κ1) is 15.7. The summed E-state index contributed by atoms with van der Waals surface area (Å²) in [6.07, 6.45) is 3.94. The molecule has 1 heterocycles. The van der Waals surface area contributed by atoms with Gasteiger partial charge in [-0.25, -0.2) is 4.98 Å². The van der Waals surface area contributed by atoms with Crippen molar-refractivity contribution < 1.29 is 5.11 Å². The predicted molar refractivity (Wildman–Crippen MR) is 77.5 cm³/mol. The second kappa shape index (κ2) is 6.19. The van der Waals surface area contributed by atoms with E-state index >= 15 is 0 Å². The van der Waals surface area contributed by atoms with Crippen LogP contribution in [0.25, 0.3) is 0 Å². The fourth-order valence-corrected chi connectivity index (χ4v) is 2.18. The van der Waals surface area contributed by atoms with Crippen LogP contribution in [0.4, 0.5) is 5.82 Å². The highest BCUT2D eigenvalue weighted by atomic mass is 16.3. The summed E-state index contributed by atoms with van der Waals surface area (Å²) in [4.78, 5) is 16.2.